The van der Waals surface area contributed by atoms with E-state index in [9.17, 15) is 5.11 Å². The number of hydrogen-bond donors (Lipinski definition) is 1. The molecule has 0 radical (unpaired) electrons. The van der Waals surface area contributed by atoms with E-state index >= 15 is 0 Å². The van der Waals surface area contributed by atoms with Crippen LogP contribution in [0.3, 0.4) is 0 Å². The second-order valence-electron chi connectivity index (χ2n) is 7.53. The zero-order chi connectivity index (χ0) is 21.2. The van der Waals surface area contributed by atoms with E-state index in [0.717, 1.165) is 40.4 Å². The van der Waals surface area contributed by atoms with Gasteiger partial charge in [0.15, 0.2) is 11.5 Å². The molecule has 0 spiro atoms. The molecule has 5 nitrogen and oxygen atoms in total. The number of pyridine rings is 1. The molecule has 2 aromatic carbocycles. The lowest BCUT2D eigenvalue weighted by Crippen LogP contribution is -2.25. The summed E-state index contributed by atoms with van der Waals surface area (Å²) in [4.78, 5) is 6.65. The van der Waals surface area contributed by atoms with Crippen molar-refractivity contribution < 1.29 is 14.3 Å². The fourth-order valence-corrected chi connectivity index (χ4v) is 3.95. The molecule has 0 unspecified atom stereocenters. The van der Waals surface area contributed by atoms with E-state index in [0.29, 0.717) is 30.5 Å². The molecule has 0 fully saturated rings. The summed E-state index contributed by atoms with van der Waals surface area (Å²) in [6, 6.07) is 21.1. The molecule has 0 amide bonds. The molecule has 2 aromatic heterocycles. The van der Waals surface area contributed by atoms with Crippen LogP contribution in [0.5, 0.6) is 11.5 Å². The molecular formula is C25H21ClN2O3. The minimum Gasteiger partial charge on any atom is -0.504 e. The van der Waals surface area contributed by atoms with E-state index in [2.05, 4.69) is 9.88 Å². The van der Waals surface area contributed by atoms with Gasteiger partial charge in [0.2, 0.25) is 0 Å². The van der Waals surface area contributed by atoms with E-state index in [4.69, 9.17) is 20.8 Å². The van der Waals surface area contributed by atoms with Crippen molar-refractivity contribution in [2.24, 2.45) is 0 Å². The van der Waals surface area contributed by atoms with Gasteiger partial charge in [-0.25, -0.2) is 0 Å². The van der Waals surface area contributed by atoms with Gasteiger partial charge in [-0.1, -0.05) is 17.7 Å². The highest BCUT2D eigenvalue weighted by Crippen LogP contribution is 2.37. The predicted octanol–water partition coefficient (Wildman–Crippen LogP) is 5.76. The van der Waals surface area contributed by atoms with Gasteiger partial charge in [0, 0.05) is 41.0 Å². The van der Waals surface area contributed by atoms with E-state index < -0.39 is 0 Å². The lowest BCUT2D eigenvalue weighted by molar-refractivity contribution is 0.205. The third-order valence-electron chi connectivity index (χ3n) is 5.32. The van der Waals surface area contributed by atoms with Gasteiger partial charge in [0.25, 0.3) is 0 Å². The molecule has 1 aliphatic rings. The Labute approximate surface area is 185 Å². The molecule has 3 heterocycles. The Bertz CT molecular complexity index is 1190. The smallest absolute Gasteiger partial charge is 0.165 e. The Balaban J connectivity index is 1.37. The normalized spacial score (nSPS) is 14.0. The Morgan fingerprint density at radius 2 is 1.87 bits per heavy atom. The van der Waals surface area contributed by atoms with E-state index in [1.54, 1.807) is 12.3 Å². The fourth-order valence-electron chi connectivity index (χ4n) is 3.82. The average Bonchev–Trinajstić information content (AvgIpc) is 3.14. The molecule has 1 aliphatic heterocycles. The van der Waals surface area contributed by atoms with Crippen LogP contribution in [0.15, 0.2) is 77.3 Å². The second-order valence-corrected chi connectivity index (χ2v) is 7.97. The minimum absolute atomic E-state index is 0.142. The minimum atomic E-state index is 0.142. The molecule has 0 saturated carbocycles. The van der Waals surface area contributed by atoms with Crippen molar-refractivity contribution in [2.45, 2.75) is 13.1 Å². The lowest BCUT2D eigenvalue weighted by Gasteiger charge is -2.18. The first-order valence-electron chi connectivity index (χ1n) is 10.1. The summed E-state index contributed by atoms with van der Waals surface area (Å²) in [5, 5.41) is 11.3. The van der Waals surface area contributed by atoms with E-state index in [-0.39, 0.29) is 5.75 Å². The zero-order valence-electron chi connectivity index (χ0n) is 16.8. The van der Waals surface area contributed by atoms with Crippen LogP contribution in [0.4, 0.5) is 0 Å². The number of aromatic nitrogens is 1. The quantitative estimate of drug-likeness (QED) is 0.444. The number of aromatic hydroxyl groups is 1. The van der Waals surface area contributed by atoms with Crippen molar-refractivity contribution in [1.29, 1.82) is 0 Å². The molecule has 1 N–H and O–H groups in total. The number of furan rings is 1. The van der Waals surface area contributed by atoms with Gasteiger partial charge < -0.3 is 14.3 Å². The van der Waals surface area contributed by atoms with Gasteiger partial charge in [-0.15, -0.1) is 0 Å². The van der Waals surface area contributed by atoms with Crippen LogP contribution in [0.25, 0.3) is 22.6 Å². The first-order valence-corrected chi connectivity index (χ1v) is 10.5. The maximum absolute atomic E-state index is 10.5. The molecule has 156 valence electrons. The molecule has 4 aromatic rings. The van der Waals surface area contributed by atoms with Crippen LogP contribution < -0.4 is 4.74 Å². The summed E-state index contributed by atoms with van der Waals surface area (Å²) < 4.78 is 11.9. The van der Waals surface area contributed by atoms with Crippen molar-refractivity contribution in [3.63, 3.8) is 0 Å². The highest BCUT2D eigenvalue weighted by atomic mass is 35.5. The standard InChI is InChI=1S/C25H21ClN2O3/c26-20-6-4-17(5-7-20)24-9-8-21(31-24)16-28-11-12-30-25-19(15-28)13-18(14-23(25)29)22-3-1-2-10-27-22/h1-10,13-14,29H,11-12,15-16H2. The Hall–Kier alpha value is -3.28. The predicted molar refractivity (Wildman–Crippen MR) is 120 cm³/mol. The number of halogens is 1. The summed E-state index contributed by atoms with van der Waals surface area (Å²) in [6.45, 7) is 2.50. The molecular weight excluding hydrogens is 412 g/mol. The Kier molecular flexibility index (Phi) is 5.37. The zero-order valence-corrected chi connectivity index (χ0v) is 17.5. The van der Waals surface area contributed by atoms with Gasteiger partial charge >= 0.3 is 0 Å². The Morgan fingerprint density at radius 1 is 1.00 bits per heavy atom. The van der Waals surface area contributed by atoms with Crippen LogP contribution in [-0.4, -0.2) is 28.1 Å². The second kappa shape index (κ2) is 8.46. The molecule has 0 bridgehead atoms. The van der Waals surface area contributed by atoms with Gasteiger partial charge in [-0.05, 0) is 60.7 Å². The molecule has 5 rings (SSSR count). The molecule has 31 heavy (non-hydrogen) atoms. The fraction of sp³-hybridized carbons (Fsp3) is 0.160. The summed E-state index contributed by atoms with van der Waals surface area (Å²) >= 11 is 5.98. The van der Waals surface area contributed by atoms with Gasteiger partial charge in [-0.2, -0.15) is 0 Å². The van der Waals surface area contributed by atoms with Gasteiger partial charge in [-0.3, -0.25) is 9.88 Å². The highest BCUT2D eigenvalue weighted by molar-refractivity contribution is 6.30. The number of ether oxygens (including phenoxy) is 1. The largest absolute Gasteiger partial charge is 0.504 e. The first kappa shape index (κ1) is 19.7. The first-order chi connectivity index (χ1) is 15.2. The average molecular weight is 433 g/mol. The van der Waals surface area contributed by atoms with Crippen LogP contribution in [0.2, 0.25) is 5.02 Å². The topological polar surface area (TPSA) is 58.7 Å². The van der Waals surface area contributed by atoms with Crippen molar-refractivity contribution >= 4 is 11.6 Å². The van der Waals surface area contributed by atoms with Gasteiger partial charge in [0.1, 0.15) is 18.1 Å². The van der Waals surface area contributed by atoms with Crippen molar-refractivity contribution in [1.82, 2.24) is 9.88 Å². The highest BCUT2D eigenvalue weighted by Gasteiger charge is 2.21. The summed E-state index contributed by atoms with van der Waals surface area (Å²) in [5.41, 5.74) is 3.60. The number of rotatable bonds is 4. The Morgan fingerprint density at radius 3 is 2.68 bits per heavy atom. The molecule has 0 atom stereocenters. The van der Waals surface area contributed by atoms with Gasteiger partial charge in [0.05, 0.1) is 12.2 Å². The summed E-state index contributed by atoms with van der Waals surface area (Å²) in [5.74, 6) is 2.37. The van der Waals surface area contributed by atoms with Crippen molar-refractivity contribution in [3.05, 3.63) is 89.3 Å². The van der Waals surface area contributed by atoms with Crippen LogP contribution in [-0.2, 0) is 13.1 Å². The van der Waals surface area contributed by atoms with Crippen molar-refractivity contribution in [3.8, 4) is 34.1 Å². The summed E-state index contributed by atoms with van der Waals surface area (Å²) in [6.07, 6.45) is 1.75. The van der Waals surface area contributed by atoms with Crippen LogP contribution in [0.1, 0.15) is 11.3 Å². The molecule has 0 saturated heterocycles. The number of benzene rings is 2. The summed E-state index contributed by atoms with van der Waals surface area (Å²) in [7, 11) is 0. The third-order valence-corrected chi connectivity index (χ3v) is 5.58. The molecule has 6 heteroatoms. The van der Waals surface area contributed by atoms with Crippen LogP contribution >= 0.6 is 11.6 Å². The van der Waals surface area contributed by atoms with E-state index in [1.165, 1.54) is 0 Å². The number of nitrogens with zero attached hydrogens (tertiary/aromatic N) is 2. The van der Waals surface area contributed by atoms with Crippen molar-refractivity contribution in [2.75, 3.05) is 13.2 Å². The SMILES string of the molecule is Oc1cc(-c2ccccn2)cc2c1OCCN(Cc1ccc(-c3ccc(Cl)cc3)o1)C2. The number of phenols is 1. The third kappa shape index (κ3) is 4.29. The maximum atomic E-state index is 10.5. The maximum Gasteiger partial charge on any atom is 0.165 e. The monoisotopic (exact) mass is 432 g/mol. The number of phenolic OH excluding ortho intramolecular Hbond substituents is 1. The van der Waals surface area contributed by atoms with Crippen LogP contribution in [0, 0.1) is 0 Å². The number of hydrogen-bond acceptors (Lipinski definition) is 5. The lowest BCUT2D eigenvalue weighted by atomic mass is 10.0. The number of fused-ring (bicyclic) bond motifs is 1. The molecule has 0 aliphatic carbocycles. The van der Waals surface area contributed by atoms with E-state index in [1.807, 2.05) is 60.7 Å².